The number of carbonyl (C=O) groups is 1. The highest BCUT2D eigenvalue weighted by atomic mass is 16.6. The third-order valence-corrected chi connectivity index (χ3v) is 4.27. The molecule has 1 amide bonds. The summed E-state index contributed by atoms with van der Waals surface area (Å²) in [6.07, 6.45) is 3.47. The lowest BCUT2D eigenvalue weighted by Gasteiger charge is -2.33. The molecule has 0 radical (unpaired) electrons. The molecule has 1 fully saturated rings. The Morgan fingerprint density at radius 3 is 2.81 bits per heavy atom. The van der Waals surface area contributed by atoms with E-state index in [0.29, 0.717) is 11.5 Å². The first-order chi connectivity index (χ1) is 10.3. The second-order valence-corrected chi connectivity index (χ2v) is 5.71. The third kappa shape index (κ3) is 3.13. The standard InChI is InChI=1S/C16H21NO4/c18-9-11-5-1-2-6-12(11)17-16(19)15-10-20-13-7-3-4-8-14(13)21-15/h3-4,7-8,11-12,15,18H,1-2,5-6,9-10H2,(H,17,19). The summed E-state index contributed by atoms with van der Waals surface area (Å²) in [5.74, 6) is 1.27. The third-order valence-electron chi connectivity index (χ3n) is 4.27. The molecule has 5 heteroatoms. The van der Waals surface area contributed by atoms with E-state index in [9.17, 15) is 9.90 Å². The van der Waals surface area contributed by atoms with Crippen molar-refractivity contribution in [1.82, 2.24) is 5.32 Å². The second kappa shape index (κ2) is 6.35. The Labute approximate surface area is 124 Å². The maximum absolute atomic E-state index is 12.3. The SMILES string of the molecule is O=C(NC1CCCCC1CO)C1COc2ccccc2O1. The minimum absolute atomic E-state index is 0.0389. The topological polar surface area (TPSA) is 67.8 Å². The molecule has 1 aromatic rings. The molecule has 5 nitrogen and oxygen atoms in total. The van der Waals surface area contributed by atoms with Gasteiger partial charge in [0.1, 0.15) is 6.61 Å². The smallest absolute Gasteiger partial charge is 0.264 e. The summed E-state index contributed by atoms with van der Waals surface area (Å²) in [7, 11) is 0. The number of aliphatic hydroxyl groups is 1. The molecule has 0 aromatic heterocycles. The van der Waals surface area contributed by atoms with Crippen molar-refractivity contribution < 1.29 is 19.4 Å². The molecule has 1 aliphatic heterocycles. The zero-order chi connectivity index (χ0) is 14.7. The van der Waals surface area contributed by atoms with Crippen molar-refractivity contribution in [2.45, 2.75) is 37.8 Å². The van der Waals surface area contributed by atoms with E-state index in [-0.39, 0.29) is 31.1 Å². The van der Waals surface area contributed by atoms with Crippen molar-refractivity contribution in [3.05, 3.63) is 24.3 Å². The highest BCUT2D eigenvalue weighted by Crippen LogP contribution is 2.31. The number of aliphatic hydroxyl groups excluding tert-OH is 1. The highest BCUT2D eigenvalue weighted by Gasteiger charge is 2.32. The maximum Gasteiger partial charge on any atom is 0.264 e. The van der Waals surface area contributed by atoms with Gasteiger partial charge in [0.25, 0.3) is 5.91 Å². The molecule has 2 N–H and O–H groups in total. The summed E-state index contributed by atoms with van der Waals surface area (Å²) >= 11 is 0. The van der Waals surface area contributed by atoms with Crippen LogP contribution >= 0.6 is 0 Å². The zero-order valence-electron chi connectivity index (χ0n) is 12.0. The van der Waals surface area contributed by atoms with E-state index in [1.165, 1.54) is 0 Å². The number of carbonyl (C=O) groups excluding carboxylic acids is 1. The Hall–Kier alpha value is -1.75. The lowest BCUT2D eigenvalue weighted by Crippen LogP contribution is -2.51. The van der Waals surface area contributed by atoms with E-state index >= 15 is 0 Å². The van der Waals surface area contributed by atoms with Crippen molar-refractivity contribution in [3.63, 3.8) is 0 Å². The van der Waals surface area contributed by atoms with Crippen LogP contribution < -0.4 is 14.8 Å². The normalized spacial score (nSPS) is 28.0. The van der Waals surface area contributed by atoms with Crippen LogP contribution in [0, 0.1) is 5.92 Å². The molecule has 3 atom stereocenters. The molecule has 0 spiro atoms. The summed E-state index contributed by atoms with van der Waals surface area (Å²) < 4.78 is 11.3. The number of ether oxygens (including phenoxy) is 2. The average Bonchev–Trinajstić information content (AvgIpc) is 2.55. The molecular formula is C16H21NO4. The van der Waals surface area contributed by atoms with Gasteiger partial charge in [-0.3, -0.25) is 4.79 Å². The van der Waals surface area contributed by atoms with Crippen molar-refractivity contribution in [2.75, 3.05) is 13.2 Å². The molecule has 3 rings (SSSR count). The van der Waals surface area contributed by atoms with E-state index < -0.39 is 6.10 Å². The summed E-state index contributed by atoms with van der Waals surface area (Å²) in [5, 5.41) is 12.4. The Balaban J connectivity index is 1.61. The predicted molar refractivity (Wildman–Crippen MR) is 77.3 cm³/mol. The minimum Gasteiger partial charge on any atom is -0.485 e. The number of fused-ring (bicyclic) bond motifs is 1. The Morgan fingerprint density at radius 2 is 2.00 bits per heavy atom. The van der Waals surface area contributed by atoms with E-state index in [1.54, 1.807) is 6.07 Å². The van der Waals surface area contributed by atoms with Crippen LogP contribution in [0.5, 0.6) is 11.5 Å². The number of rotatable bonds is 3. The largest absolute Gasteiger partial charge is 0.485 e. The van der Waals surface area contributed by atoms with Gasteiger partial charge >= 0.3 is 0 Å². The molecule has 1 heterocycles. The molecule has 21 heavy (non-hydrogen) atoms. The first-order valence-corrected chi connectivity index (χ1v) is 7.57. The number of para-hydroxylation sites is 2. The van der Waals surface area contributed by atoms with E-state index in [4.69, 9.17) is 9.47 Å². The first-order valence-electron chi connectivity index (χ1n) is 7.57. The van der Waals surface area contributed by atoms with Crippen molar-refractivity contribution >= 4 is 5.91 Å². The summed E-state index contributed by atoms with van der Waals surface area (Å²) in [6, 6.07) is 7.39. The van der Waals surface area contributed by atoms with Gasteiger partial charge in [-0.15, -0.1) is 0 Å². The van der Waals surface area contributed by atoms with E-state index in [1.807, 2.05) is 18.2 Å². The van der Waals surface area contributed by atoms with Crippen molar-refractivity contribution in [3.8, 4) is 11.5 Å². The van der Waals surface area contributed by atoms with Crippen LogP contribution in [0.2, 0.25) is 0 Å². The Morgan fingerprint density at radius 1 is 1.24 bits per heavy atom. The number of nitrogens with one attached hydrogen (secondary N) is 1. The molecule has 1 aromatic carbocycles. The van der Waals surface area contributed by atoms with E-state index in [0.717, 1.165) is 25.7 Å². The molecule has 0 bridgehead atoms. The maximum atomic E-state index is 12.3. The van der Waals surface area contributed by atoms with Gasteiger partial charge in [0.15, 0.2) is 11.5 Å². The van der Waals surface area contributed by atoms with Crippen LogP contribution in [0.1, 0.15) is 25.7 Å². The molecule has 3 unspecified atom stereocenters. The zero-order valence-corrected chi connectivity index (χ0v) is 12.0. The Bertz CT molecular complexity index is 505. The van der Waals surface area contributed by atoms with Gasteiger partial charge in [0.05, 0.1) is 0 Å². The van der Waals surface area contributed by atoms with Gasteiger partial charge < -0.3 is 19.9 Å². The molecule has 1 aliphatic carbocycles. The van der Waals surface area contributed by atoms with Gasteiger partial charge in [-0.05, 0) is 25.0 Å². The van der Waals surface area contributed by atoms with Crippen molar-refractivity contribution in [2.24, 2.45) is 5.92 Å². The molecular weight excluding hydrogens is 270 g/mol. The second-order valence-electron chi connectivity index (χ2n) is 5.71. The quantitative estimate of drug-likeness (QED) is 0.885. The van der Waals surface area contributed by atoms with Crippen LogP contribution in [-0.2, 0) is 4.79 Å². The fraction of sp³-hybridized carbons (Fsp3) is 0.562. The number of benzene rings is 1. The van der Waals surface area contributed by atoms with Gasteiger partial charge in [-0.1, -0.05) is 25.0 Å². The molecule has 1 saturated carbocycles. The van der Waals surface area contributed by atoms with Gasteiger partial charge in [0.2, 0.25) is 6.10 Å². The summed E-state index contributed by atoms with van der Waals surface area (Å²) in [5.41, 5.74) is 0. The van der Waals surface area contributed by atoms with Crippen LogP contribution in [0.25, 0.3) is 0 Å². The number of amides is 1. The van der Waals surface area contributed by atoms with Gasteiger partial charge in [-0.25, -0.2) is 0 Å². The van der Waals surface area contributed by atoms with Gasteiger partial charge in [-0.2, -0.15) is 0 Å². The number of hydrogen-bond acceptors (Lipinski definition) is 4. The highest BCUT2D eigenvalue weighted by molar-refractivity contribution is 5.82. The first kappa shape index (κ1) is 14.2. The average molecular weight is 291 g/mol. The van der Waals surface area contributed by atoms with Crippen LogP contribution in [0.3, 0.4) is 0 Å². The van der Waals surface area contributed by atoms with Crippen LogP contribution in [0.4, 0.5) is 0 Å². The molecule has 114 valence electrons. The van der Waals surface area contributed by atoms with E-state index in [2.05, 4.69) is 5.32 Å². The molecule has 0 saturated heterocycles. The summed E-state index contributed by atoms with van der Waals surface area (Å²) in [6.45, 7) is 0.342. The lowest BCUT2D eigenvalue weighted by atomic mass is 9.85. The minimum atomic E-state index is -0.624. The number of hydrogen-bond donors (Lipinski definition) is 2. The summed E-state index contributed by atoms with van der Waals surface area (Å²) in [4.78, 5) is 12.3. The monoisotopic (exact) mass is 291 g/mol. The fourth-order valence-electron chi connectivity index (χ4n) is 3.04. The predicted octanol–water partition coefficient (Wildman–Crippen LogP) is 1.49. The van der Waals surface area contributed by atoms with Gasteiger partial charge in [0, 0.05) is 18.6 Å². The molecule has 2 aliphatic rings. The fourth-order valence-corrected chi connectivity index (χ4v) is 3.04. The van der Waals surface area contributed by atoms with Crippen LogP contribution in [0.15, 0.2) is 24.3 Å². The Kier molecular flexibility index (Phi) is 4.29. The lowest BCUT2D eigenvalue weighted by molar-refractivity contribution is -0.131. The van der Waals surface area contributed by atoms with Crippen LogP contribution in [-0.4, -0.2) is 36.4 Å². The van der Waals surface area contributed by atoms with Crippen molar-refractivity contribution in [1.29, 1.82) is 0 Å².